The fourth-order valence-corrected chi connectivity index (χ4v) is 4.70. The minimum absolute atomic E-state index is 0.00989. The number of fused-ring (bicyclic) bond motifs is 1. The fourth-order valence-electron chi connectivity index (χ4n) is 2.88. The van der Waals surface area contributed by atoms with E-state index in [1.54, 1.807) is 3.96 Å². The second kappa shape index (κ2) is 8.45. The summed E-state index contributed by atoms with van der Waals surface area (Å²) < 4.78 is 2.68. The minimum Gasteiger partial charge on any atom is -0.301 e. The topological polar surface area (TPSA) is 76.9 Å². The third-order valence-electron chi connectivity index (χ3n) is 4.23. The van der Waals surface area contributed by atoms with E-state index in [4.69, 9.17) is 0 Å². The molecular formula is C20H18N4O2S2. The zero-order valence-corrected chi connectivity index (χ0v) is 16.6. The van der Waals surface area contributed by atoms with E-state index in [2.05, 4.69) is 15.5 Å². The van der Waals surface area contributed by atoms with E-state index in [9.17, 15) is 9.59 Å². The maximum absolute atomic E-state index is 12.3. The van der Waals surface area contributed by atoms with Crippen LogP contribution in [0, 0.1) is 0 Å². The summed E-state index contributed by atoms with van der Waals surface area (Å²) in [6.07, 6.45) is 1.62. The zero-order chi connectivity index (χ0) is 19.3. The van der Waals surface area contributed by atoms with E-state index in [0.717, 1.165) is 20.7 Å². The first kappa shape index (κ1) is 18.5. The van der Waals surface area contributed by atoms with Gasteiger partial charge in [-0.15, -0.1) is 10.2 Å². The van der Waals surface area contributed by atoms with Crippen LogP contribution in [0.4, 0.5) is 5.13 Å². The van der Waals surface area contributed by atoms with Gasteiger partial charge in [0.1, 0.15) is 5.01 Å². The molecule has 0 unspecified atom stereocenters. The molecule has 0 atom stereocenters. The predicted molar refractivity (Wildman–Crippen MR) is 113 cm³/mol. The Kier molecular flexibility index (Phi) is 5.59. The monoisotopic (exact) mass is 410 g/mol. The summed E-state index contributed by atoms with van der Waals surface area (Å²) in [4.78, 5) is 24.5. The van der Waals surface area contributed by atoms with E-state index in [-0.39, 0.29) is 11.5 Å². The van der Waals surface area contributed by atoms with Crippen LogP contribution in [0.3, 0.4) is 0 Å². The van der Waals surface area contributed by atoms with Gasteiger partial charge in [-0.2, -0.15) is 0 Å². The van der Waals surface area contributed by atoms with Crippen molar-refractivity contribution in [3.05, 3.63) is 75.5 Å². The first-order valence-electron chi connectivity index (χ1n) is 8.94. The highest BCUT2D eigenvalue weighted by molar-refractivity contribution is 7.15. The van der Waals surface area contributed by atoms with Crippen LogP contribution in [0.1, 0.15) is 23.4 Å². The molecule has 4 rings (SSSR count). The number of benzene rings is 2. The number of hydrogen-bond acceptors (Lipinski definition) is 6. The quantitative estimate of drug-likeness (QED) is 0.501. The van der Waals surface area contributed by atoms with Crippen LogP contribution >= 0.6 is 22.9 Å². The Morgan fingerprint density at radius 3 is 2.64 bits per heavy atom. The number of carbonyl (C=O) groups is 1. The Bertz CT molecular complexity index is 1150. The van der Waals surface area contributed by atoms with Crippen molar-refractivity contribution in [3.63, 3.8) is 0 Å². The molecule has 1 amide bonds. The number of nitrogens with zero attached hydrogens (tertiary/aromatic N) is 3. The Labute approximate surface area is 169 Å². The number of carbonyl (C=O) groups excluding carboxylic acids is 1. The van der Waals surface area contributed by atoms with E-state index in [0.29, 0.717) is 30.9 Å². The molecule has 0 aliphatic heterocycles. The largest absolute Gasteiger partial charge is 0.301 e. The molecule has 2 aromatic carbocycles. The zero-order valence-electron chi connectivity index (χ0n) is 15.0. The number of rotatable bonds is 7. The van der Waals surface area contributed by atoms with Crippen LogP contribution < -0.4 is 10.9 Å². The Morgan fingerprint density at radius 2 is 1.82 bits per heavy atom. The van der Waals surface area contributed by atoms with Crippen LogP contribution in [0.25, 0.3) is 10.1 Å². The molecule has 8 heteroatoms. The van der Waals surface area contributed by atoms with Gasteiger partial charge in [0.05, 0.1) is 10.1 Å². The minimum atomic E-state index is -0.114. The van der Waals surface area contributed by atoms with Gasteiger partial charge in [0.2, 0.25) is 11.0 Å². The molecule has 0 bridgehead atoms. The Morgan fingerprint density at radius 1 is 1.04 bits per heavy atom. The lowest BCUT2D eigenvalue weighted by molar-refractivity contribution is -0.116. The lowest BCUT2D eigenvalue weighted by Gasteiger charge is -2.01. The lowest BCUT2D eigenvalue weighted by Crippen LogP contribution is -2.16. The van der Waals surface area contributed by atoms with Crippen molar-refractivity contribution in [3.8, 4) is 0 Å². The van der Waals surface area contributed by atoms with Crippen LogP contribution in [0.2, 0.25) is 0 Å². The molecule has 0 saturated carbocycles. The highest BCUT2D eigenvalue weighted by Crippen LogP contribution is 2.19. The molecule has 6 nitrogen and oxygen atoms in total. The molecule has 28 heavy (non-hydrogen) atoms. The molecule has 0 aliphatic carbocycles. The third-order valence-corrected chi connectivity index (χ3v) is 6.19. The average Bonchev–Trinajstić information content (AvgIpc) is 3.27. The molecule has 0 spiro atoms. The van der Waals surface area contributed by atoms with Gasteiger partial charge >= 0.3 is 0 Å². The van der Waals surface area contributed by atoms with Gasteiger partial charge in [-0.25, -0.2) is 0 Å². The number of aryl methyl sites for hydroxylation is 1. The van der Waals surface area contributed by atoms with Crippen LogP contribution in [0.5, 0.6) is 0 Å². The van der Waals surface area contributed by atoms with Crippen molar-refractivity contribution in [1.29, 1.82) is 0 Å². The van der Waals surface area contributed by atoms with Gasteiger partial charge in [-0.3, -0.25) is 13.5 Å². The second-order valence-electron chi connectivity index (χ2n) is 6.31. The first-order chi connectivity index (χ1) is 13.7. The summed E-state index contributed by atoms with van der Waals surface area (Å²) >= 11 is 2.82. The Balaban J connectivity index is 1.29. The summed E-state index contributed by atoms with van der Waals surface area (Å²) in [6, 6.07) is 17.6. The van der Waals surface area contributed by atoms with E-state index >= 15 is 0 Å². The number of anilines is 1. The highest BCUT2D eigenvalue weighted by Gasteiger charge is 2.10. The van der Waals surface area contributed by atoms with Crippen molar-refractivity contribution < 1.29 is 4.79 Å². The van der Waals surface area contributed by atoms with Gasteiger partial charge in [0.15, 0.2) is 0 Å². The van der Waals surface area contributed by atoms with Gasteiger partial charge in [0.25, 0.3) is 5.56 Å². The Hall–Kier alpha value is -2.84. The number of nitrogens with one attached hydrogen (secondary N) is 1. The van der Waals surface area contributed by atoms with Crippen LogP contribution in [0.15, 0.2) is 59.4 Å². The van der Waals surface area contributed by atoms with Crippen LogP contribution in [-0.2, 0) is 17.8 Å². The number of amides is 1. The third kappa shape index (κ3) is 4.35. The van der Waals surface area contributed by atoms with E-state index < -0.39 is 0 Å². The molecule has 0 radical (unpaired) electrons. The maximum atomic E-state index is 12.3. The van der Waals surface area contributed by atoms with Crippen molar-refractivity contribution >= 4 is 44.0 Å². The smallest absolute Gasteiger partial charge is 0.268 e. The maximum Gasteiger partial charge on any atom is 0.268 e. The molecular weight excluding hydrogens is 392 g/mol. The standard InChI is InChI=1S/C20H18N4O2S2/c25-17(11-6-12-24-19(26)15-9-4-5-10-16(15)28-24)21-20-23-22-18(27-20)13-14-7-2-1-3-8-14/h1-5,7-10H,6,11-13H2,(H,21,23,25). The van der Waals surface area contributed by atoms with E-state index in [1.165, 1.54) is 22.9 Å². The summed E-state index contributed by atoms with van der Waals surface area (Å²) in [6.45, 7) is 0.529. The average molecular weight is 411 g/mol. The highest BCUT2D eigenvalue weighted by atomic mass is 32.1. The number of hydrogen-bond donors (Lipinski definition) is 1. The summed E-state index contributed by atoms with van der Waals surface area (Å²) in [5, 5.41) is 13.1. The molecule has 1 N–H and O–H groups in total. The molecule has 2 aromatic heterocycles. The molecule has 142 valence electrons. The summed E-state index contributed by atoms with van der Waals surface area (Å²) in [5.41, 5.74) is 1.17. The molecule has 0 fully saturated rings. The normalized spacial score (nSPS) is 11.0. The summed E-state index contributed by atoms with van der Waals surface area (Å²) in [5.74, 6) is -0.114. The van der Waals surface area contributed by atoms with Crippen molar-refractivity contribution in [2.75, 3.05) is 5.32 Å². The lowest BCUT2D eigenvalue weighted by atomic mass is 10.2. The SMILES string of the molecule is O=C(CCCn1sc2ccccc2c1=O)Nc1nnc(Cc2ccccc2)s1. The van der Waals surface area contributed by atoms with Gasteiger partial charge in [-0.1, -0.05) is 65.3 Å². The molecule has 0 aliphatic rings. The first-order valence-corrected chi connectivity index (χ1v) is 10.5. The van der Waals surface area contributed by atoms with Crippen molar-refractivity contribution in [2.24, 2.45) is 0 Å². The summed E-state index contributed by atoms with van der Waals surface area (Å²) in [7, 11) is 0. The molecule has 0 saturated heterocycles. The van der Waals surface area contributed by atoms with E-state index in [1.807, 2.05) is 54.6 Å². The van der Waals surface area contributed by atoms with Gasteiger partial charge in [0, 0.05) is 19.4 Å². The van der Waals surface area contributed by atoms with Gasteiger partial charge in [-0.05, 0) is 24.1 Å². The van der Waals surface area contributed by atoms with Gasteiger partial charge < -0.3 is 5.32 Å². The van der Waals surface area contributed by atoms with Crippen molar-refractivity contribution in [2.45, 2.75) is 25.8 Å². The fraction of sp³-hybridized carbons (Fsp3) is 0.200. The van der Waals surface area contributed by atoms with Crippen LogP contribution in [-0.4, -0.2) is 20.1 Å². The molecule has 2 heterocycles. The predicted octanol–water partition coefficient (Wildman–Crippen LogP) is 3.92. The van der Waals surface area contributed by atoms with Crippen molar-refractivity contribution in [1.82, 2.24) is 14.2 Å². The second-order valence-corrected chi connectivity index (χ2v) is 8.44. The molecule has 4 aromatic rings. The number of aromatic nitrogens is 3.